The molecule has 1 aromatic rings. The van der Waals surface area contributed by atoms with Crippen molar-refractivity contribution >= 4 is 24.0 Å². The minimum absolute atomic E-state index is 0. The van der Waals surface area contributed by atoms with Crippen LogP contribution >= 0.6 is 24.0 Å². The Hall–Kier alpha value is -0.350. The molecule has 3 N–H and O–H groups in total. The number of aliphatic hydroxyl groups is 1. The molecule has 2 atom stereocenters. The van der Waals surface area contributed by atoms with Crippen LogP contribution in [0.3, 0.4) is 0 Å². The van der Waals surface area contributed by atoms with Crippen LogP contribution in [-0.2, 0) is 0 Å². The summed E-state index contributed by atoms with van der Waals surface area (Å²) in [6.45, 7) is 5.62. The first kappa shape index (κ1) is 16.6. The molecule has 0 aliphatic rings. The second kappa shape index (κ2) is 6.01. The molecule has 0 aliphatic carbocycles. The van der Waals surface area contributed by atoms with E-state index >= 15 is 0 Å². The van der Waals surface area contributed by atoms with E-state index in [9.17, 15) is 9.50 Å². The number of benzene rings is 1. The summed E-state index contributed by atoms with van der Waals surface area (Å²) in [7, 11) is 0. The largest absolute Gasteiger partial charge is 0.391 e. The van der Waals surface area contributed by atoms with Gasteiger partial charge in [0.15, 0.2) is 0 Å². The van der Waals surface area contributed by atoms with E-state index in [-0.39, 0.29) is 22.8 Å². The van der Waals surface area contributed by atoms with Crippen molar-refractivity contribution in [3.05, 3.63) is 34.6 Å². The monoisotopic (exact) mass is 281 g/mol. The zero-order chi connectivity index (χ0) is 12.5. The maximum atomic E-state index is 13.1. The summed E-state index contributed by atoms with van der Waals surface area (Å²) >= 11 is 5.74. The summed E-state index contributed by atoms with van der Waals surface area (Å²) in [5.74, 6) is -0.445. The molecule has 2 nitrogen and oxygen atoms in total. The Morgan fingerprint density at radius 3 is 2.24 bits per heavy atom. The van der Waals surface area contributed by atoms with Gasteiger partial charge in [-0.3, -0.25) is 0 Å². The van der Waals surface area contributed by atoms with Crippen molar-refractivity contribution in [3.63, 3.8) is 0 Å². The predicted octanol–water partition coefficient (Wildman–Crippen LogP) is 3.31. The molecule has 17 heavy (non-hydrogen) atoms. The molecule has 0 fully saturated rings. The smallest absolute Gasteiger partial charge is 0.125 e. The van der Waals surface area contributed by atoms with Crippen LogP contribution in [-0.4, -0.2) is 11.2 Å². The molecule has 0 aliphatic heterocycles. The first-order valence-electron chi connectivity index (χ1n) is 5.11. The third-order valence-electron chi connectivity index (χ3n) is 2.50. The first-order valence-corrected chi connectivity index (χ1v) is 5.49. The van der Waals surface area contributed by atoms with Crippen molar-refractivity contribution in [1.82, 2.24) is 0 Å². The molecule has 1 rings (SSSR count). The normalized spacial score (nSPS) is 15.0. The van der Waals surface area contributed by atoms with E-state index in [2.05, 4.69) is 0 Å². The fraction of sp³-hybridized carbons (Fsp3) is 0.500. The molecular weight excluding hydrogens is 264 g/mol. The summed E-state index contributed by atoms with van der Waals surface area (Å²) in [6, 6.07) is 3.44. The van der Waals surface area contributed by atoms with Gasteiger partial charge in [0, 0.05) is 5.02 Å². The van der Waals surface area contributed by atoms with Gasteiger partial charge >= 0.3 is 0 Å². The van der Waals surface area contributed by atoms with E-state index in [0.717, 1.165) is 0 Å². The minimum atomic E-state index is -0.759. The average molecular weight is 282 g/mol. The predicted molar refractivity (Wildman–Crippen MR) is 71.0 cm³/mol. The Bertz CT molecular complexity index is 359. The molecular formula is C12H18Cl2FNO. The summed E-state index contributed by atoms with van der Waals surface area (Å²) in [5, 5.41) is 10.3. The number of nitrogens with two attached hydrogens (primary N) is 1. The molecule has 0 saturated carbocycles. The second-order valence-corrected chi connectivity index (χ2v) is 5.48. The highest BCUT2D eigenvalue weighted by atomic mass is 35.5. The molecule has 0 spiro atoms. The fourth-order valence-electron chi connectivity index (χ4n) is 1.49. The van der Waals surface area contributed by atoms with Gasteiger partial charge in [-0.25, -0.2) is 4.39 Å². The molecule has 0 amide bonds. The van der Waals surface area contributed by atoms with Crippen LogP contribution in [0.5, 0.6) is 0 Å². The Labute approximate surface area is 112 Å². The van der Waals surface area contributed by atoms with E-state index in [4.69, 9.17) is 17.3 Å². The van der Waals surface area contributed by atoms with Crippen LogP contribution in [0.2, 0.25) is 5.02 Å². The van der Waals surface area contributed by atoms with E-state index in [1.54, 1.807) is 6.07 Å². The Balaban J connectivity index is 0.00000256. The lowest BCUT2D eigenvalue weighted by Gasteiger charge is -2.31. The molecule has 98 valence electrons. The standard InChI is InChI=1S/C12H17ClFNO.ClH/c1-12(2,3)11(16)10(15)7-4-8(13)6-9(14)5-7;/h4-6,10-11,16H,15H2,1-3H3;1H/t10-,11-;/m0./s1. The van der Waals surface area contributed by atoms with Crippen LogP contribution in [0.4, 0.5) is 4.39 Å². The summed E-state index contributed by atoms with van der Waals surface area (Å²) in [6.07, 6.45) is -0.759. The molecule has 0 unspecified atom stereocenters. The number of rotatable bonds is 2. The van der Waals surface area contributed by atoms with Crippen molar-refractivity contribution in [1.29, 1.82) is 0 Å². The maximum absolute atomic E-state index is 13.1. The first-order chi connectivity index (χ1) is 7.21. The SMILES string of the molecule is CC(C)(C)[C@@H](O)[C@@H](N)c1cc(F)cc(Cl)c1.Cl. The van der Waals surface area contributed by atoms with Crippen LogP contribution in [0, 0.1) is 11.2 Å². The lowest BCUT2D eigenvalue weighted by Crippen LogP contribution is -2.37. The van der Waals surface area contributed by atoms with Crippen LogP contribution in [0.25, 0.3) is 0 Å². The minimum Gasteiger partial charge on any atom is -0.391 e. The Kier molecular flexibility index (Phi) is 5.88. The average Bonchev–Trinajstić information content (AvgIpc) is 2.12. The lowest BCUT2D eigenvalue weighted by molar-refractivity contribution is 0.0400. The van der Waals surface area contributed by atoms with Gasteiger partial charge in [-0.1, -0.05) is 32.4 Å². The molecule has 0 saturated heterocycles. The zero-order valence-electron chi connectivity index (χ0n) is 10.1. The van der Waals surface area contributed by atoms with Crippen molar-refractivity contribution in [2.75, 3.05) is 0 Å². The van der Waals surface area contributed by atoms with Gasteiger partial charge in [-0.15, -0.1) is 12.4 Å². The second-order valence-electron chi connectivity index (χ2n) is 5.04. The highest BCUT2D eigenvalue weighted by molar-refractivity contribution is 6.30. The summed E-state index contributed by atoms with van der Waals surface area (Å²) in [5.41, 5.74) is 6.03. The van der Waals surface area contributed by atoms with E-state index < -0.39 is 18.0 Å². The third-order valence-corrected chi connectivity index (χ3v) is 2.72. The number of hydrogen-bond donors (Lipinski definition) is 2. The van der Waals surface area contributed by atoms with Gasteiger partial charge in [0.1, 0.15) is 5.82 Å². The molecule has 1 aromatic carbocycles. The zero-order valence-corrected chi connectivity index (χ0v) is 11.6. The maximum Gasteiger partial charge on any atom is 0.125 e. The summed E-state index contributed by atoms with van der Waals surface area (Å²) < 4.78 is 13.1. The van der Waals surface area contributed by atoms with Crippen molar-refractivity contribution in [2.24, 2.45) is 11.1 Å². The fourth-order valence-corrected chi connectivity index (χ4v) is 1.72. The highest BCUT2D eigenvalue weighted by Crippen LogP contribution is 2.29. The number of halogens is 3. The van der Waals surface area contributed by atoms with Gasteiger partial charge in [0.2, 0.25) is 0 Å². The number of hydrogen-bond acceptors (Lipinski definition) is 2. The summed E-state index contributed by atoms with van der Waals surface area (Å²) in [4.78, 5) is 0. The van der Waals surface area contributed by atoms with Gasteiger partial charge < -0.3 is 10.8 Å². The Morgan fingerprint density at radius 2 is 1.82 bits per heavy atom. The Morgan fingerprint density at radius 1 is 1.29 bits per heavy atom. The van der Waals surface area contributed by atoms with Gasteiger partial charge in [0.05, 0.1) is 12.1 Å². The topological polar surface area (TPSA) is 46.2 Å². The lowest BCUT2D eigenvalue weighted by atomic mass is 9.82. The number of aliphatic hydroxyl groups excluding tert-OH is 1. The van der Waals surface area contributed by atoms with Crippen LogP contribution in [0.1, 0.15) is 32.4 Å². The van der Waals surface area contributed by atoms with Crippen LogP contribution < -0.4 is 5.73 Å². The van der Waals surface area contributed by atoms with E-state index in [1.165, 1.54) is 12.1 Å². The van der Waals surface area contributed by atoms with Gasteiger partial charge in [-0.2, -0.15) is 0 Å². The third kappa shape index (κ3) is 4.43. The van der Waals surface area contributed by atoms with E-state index in [0.29, 0.717) is 5.56 Å². The van der Waals surface area contributed by atoms with Gasteiger partial charge in [-0.05, 0) is 29.2 Å². The van der Waals surface area contributed by atoms with Crippen LogP contribution in [0.15, 0.2) is 18.2 Å². The van der Waals surface area contributed by atoms with Gasteiger partial charge in [0.25, 0.3) is 0 Å². The molecule has 5 heteroatoms. The molecule has 0 heterocycles. The van der Waals surface area contributed by atoms with E-state index in [1.807, 2.05) is 20.8 Å². The highest BCUT2D eigenvalue weighted by Gasteiger charge is 2.29. The van der Waals surface area contributed by atoms with Crippen molar-refractivity contribution < 1.29 is 9.50 Å². The molecule has 0 radical (unpaired) electrons. The quantitative estimate of drug-likeness (QED) is 0.874. The molecule has 0 bridgehead atoms. The van der Waals surface area contributed by atoms with Crippen molar-refractivity contribution in [3.8, 4) is 0 Å². The molecule has 0 aromatic heterocycles. The van der Waals surface area contributed by atoms with Crippen molar-refractivity contribution in [2.45, 2.75) is 32.9 Å².